The molecule has 2 N–H and O–H groups in total. The van der Waals surface area contributed by atoms with E-state index in [2.05, 4.69) is 0 Å². The number of furan rings is 1. The highest BCUT2D eigenvalue weighted by Crippen LogP contribution is 2.31. The summed E-state index contributed by atoms with van der Waals surface area (Å²) in [7, 11) is 0. The summed E-state index contributed by atoms with van der Waals surface area (Å²) in [5, 5.41) is 1.75. The van der Waals surface area contributed by atoms with E-state index in [0.29, 0.717) is 27.0 Å². The van der Waals surface area contributed by atoms with Crippen LogP contribution in [0.2, 0.25) is 10.0 Å². The maximum absolute atomic E-state index is 13.8. The number of hydrogen-bond donors (Lipinski definition) is 1. The van der Waals surface area contributed by atoms with Gasteiger partial charge in [0.05, 0.1) is 11.1 Å². The third kappa shape index (κ3) is 2.77. The van der Waals surface area contributed by atoms with Crippen molar-refractivity contribution in [1.29, 1.82) is 0 Å². The molecule has 1 unspecified atom stereocenters. The Morgan fingerprint density at radius 1 is 1.10 bits per heavy atom. The van der Waals surface area contributed by atoms with Gasteiger partial charge in [0, 0.05) is 16.0 Å². The van der Waals surface area contributed by atoms with E-state index in [1.54, 1.807) is 18.2 Å². The molecule has 0 amide bonds. The van der Waals surface area contributed by atoms with Crippen LogP contribution in [0.5, 0.6) is 0 Å². The van der Waals surface area contributed by atoms with Gasteiger partial charge in [-0.3, -0.25) is 0 Å². The molecular weight excluding hydrogens is 312 g/mol. The molecule has 0 aliphatic rings. The van der Waals surface area contributed by atoms with E-state index in [-0.39, 0.29) is 12.2 Å². The van der Waals surface area contributed by atoms with Crippen LogP contribution in [-0.2, 0) is 6.42 Å². The third-order valence-electron chi connectivity index (χ3n) is 3.37. The van der Waals surface area contributed by atoms with E-state index in [4.69, 9.17) is 33.4 Å². The summed E-state index contributed by atoms with van der Waals surface area (Å²) in [6.45, 7) is 0. The minimum absolute atomic E-state index is 0.253. The summed E-state index contributed by atoms with van der Waals surface area (Å²) in [6.07, 6.45) is 0.253. The summed E-state index contributed by atoms with van der Waals surface area (Å²) >= 11 is 12.1. The van der Waals surface area contributed by atoms with E-state index >= 15 is 0 Å². The van der Waals surface area contributed by atoms with Crippen molar-refractivity contribution in [3.8, 4) is 0 Å². The van der Waals surface area contributed by atoms with E-state index < -0.39 is 6.04 Å². The molecule has 3 aromatic rings. The Balaban J connectivity index is 1.94. The molecule has 2 aromatic carbocycles. The SMILES string of the molecule is NC(Cc1c(F)cccc1Cl)c1cc2cccc(Cl)c2o1. The molecule has 108 valence electrons. The molecule has 0 radical (unpaired) electrons. The van der Waals surface area contributed by atoms with Crippen molar-refractivity contribution in [1.82, 2.24) is 0 Å². The second-order valence-electron chi connectivity index (χ2n) is 4.82. The maximum atomic E-state index is 13.8. The molecule has 2 nitrogen and oxygen atoms in total. The molecule has 21 heavy (non-hydrogen) atoms. The molecule has 5 heteroatoms. The molecule has 0 saturated carbocycles. The zero-order chi connectivity index (χ0) is 15.0. The molecule has 0 spiro atoms. The summed E-state index contributed by atoms with van der Waals surface area (Å²) < 4.78 is 19.5. The van der Waals surface area contributed by atoms with E-state index in [0.717, 1.165) is 5.39 Å². The Morgan fingerprint density at radius 2 is 1.81 bits per heavy atom. The Bertz CT molecular complexity index is 780. The second kappa shape index (κ2) is 5.68. The minimum atomic E-state index is -0.497. The average Bonchev–Trinajstić information content (AvgIpc) is 2.88. The monoisotopic (exact) mass is 323 g/mol. The normalized spacial score (nSPS) is 12.8. The van der Waals surface area contributed by atoms with Crippen molar-refractivity contribution in [2.45, 2.75) is 12.5 Å². The van der Waals surface area contributed by atoms with Gasteiger partial charge in [0.25, 0.3) is 0 Å². The Kier molecular flexibility index (Phi) is 3.89. The van der Waals surface area contributed by atoms with Gasteiger partial charge in [-0.2, -0.15) is 0 Å². The van der Waals surface area contributed by atoms with Crippen LogP contribution in [-0.4, -0.2) is 0 Å². The lowest BCUT2D eigenvalue weighted by Gasteiger charge is -2.11. The summed E-state index contributed by atoms with van der Waals surface area (Å²) in [5.41, 5.74) is 7.09. The van der Waals surface area contributed by atoms with Crippen LogP contribution in [0.1, 0.15) is 17.4 Å². The van der Waals surface area contributed by atoms with Crippen LogP contribution in [0.4, 0.5) is 4.39 Å². The zero-order valence-corrected chi connectivity index (χ0v) is 12.5. The molecule has 0 aliphatic heterocycles. The standard InChI is InChI=1S/C16H12Cl2FNO/c17-11-4-2-6-13(19)10(11)8-14(20)15-7-9-3-1-5-12(18)16(9)21-15/h1-7,14H,8,20H2. The van der Waals surface area contributed by atoms with Gasteiger partial charge in [-0.1, -0.05) is 41.4 Å². The first-order valence-electron chi connectivity index (χ1n) is 6.42. The predicted molar refractivity (Wildman–Crippen MR) is 83.3 cm³/mol. The van der Waals surface area contributed by atoms with Crippen molar-refractivity contribution in [3.63, 3.8) is 0 Å². The molecule has 1 atom stereocenters. The van der Waals surface area contributed by atoms with Crippen LogP contribution in [0.15, 0.2) is 46.9 Å². The van der Waals surface area contributed by atoms with Crippen molar-refractivity contribution in [2.24, 2.45) is 5.73 Å². The average molecular weight is 324 g/mol. The van der Waals surface area contributed by atoms with Crippen LogP contribution in [0.25, 0.3) is 11.0 Å². The summed E-state index contributed by atoms with van der Waals surface area (Å²) in [5.74, 6) is 0.185. The number of hydrogen-bond acceptors (Lipinski definition) is 2. The lowest BCUT2D eigenvalue weighted by Crippen LogP contribution is -2.13. The summed E-state index contributed by atoms with van der Waals surface area (Å²) in [6, 6.07) is 11.4. The fourth-order valence-corrected chi connectivity index (χ4v) is 2.74. The maximum Gasteiger partial charge on any atom is 0.152 e. The van der Waals surface area contributed by atoms with Gasteiger partial charge < -0.3 is 10.2 Å². The molecule has 0 aliphatic carbocycles. The molecule has 0 saturated heterocycles. The van der Waals surface area contributed by atoms with Gasteiger partial charge in [-0.15, -0.1) is 0 Å². The topological polar surface area (TPSA) is 39.2 Å². The fourth-order valence-electron chi connectivity index (χ4n) is 2.28. The predicted octanol–water partition coefficient (Wildman–Crippen LogP) is 5.12. The fraction of sp³-hybridized carbons (Fsp3) is 0.125. The smallest absolute Gasteiger partial charge is 0.152 e. The summed E-state index contributed by atoms with van der Waals surface area (Å²) in [4.78, 5) is 0. The number of halogens is 3. The number of para-hydroxylation sites is 1. The van der Waals surface area contributed by atoms with Crippen LogP contribution in [0, 0.1) is 5.82 Å². The zero-order valence-electron chi connectivity index (χ0n) is 10.9. The number of nitrogens with two attached hydrogens (primary N) is 1. The minimum Gasteiger partial charge on any atom is -0.458 e. The van der Waals surface area contributed by atoms with Crippen LogP contribution < -0.4 is 5.73 Å². The Hall–Kier alpha value is -1.55. The lowest BCUT2D eigenvalue weighted by atomic mass is 10.0. The highest BCUT2D eigenvalue weighted by Gasteiger charge is 2.17. The van der Waals surface area contributed by atoms with Gasteiger partial charge in [0.1, 0.15) is 11.6 Å². The molecule has 3 rings (SSSR count). The van der Waals surface area contributed by atoms with Crippen LogP contribution in [0.3, 0.4) is 0 Å². The quantitative estimate of drug-likeness (QED) is 0.726. The van der Waals surface area contributed by atoms with Gasteiger partial charge >= 0.3 is 0 Å². The van der Waals surface area contributed by atoms with Crippen molar-refractivity contribution < 1.29 is 8.81 Å². The van der Waals surface area contributed by atoms with Gasteiger partial charge in [0.2, 0.25) is 0 Å². The van der Waals surface area contributed by atoms with E-state index in [1.165, 1.54) is 6.07 Å². The van der Waals surface area contributed by atoms with E-state index in [1.807, 2.05) is 18.2 Å². The van der Waals surface area contributed by atoms with Crippen molar-refractivity contribution >= 4 is 34.2 Å². The molecular formula is C16H12Cl2FNO. The molecule has 1 heterocycles. The number of rotatable bonds is 3. The van der Waals surface area contributed by atoms with Gasteiger partial charge in [-0.25, -0.2) is 4.39 Å². The highest BCUT2D eigenvalue weighted by molar-refractivity contribution is 6.34. The second-order valence-corrected chi connectivity index (χ2v) is 5.63. The Labute approximate surface area is 131 Å². The highest BCUT2D eigenvalue weighted by atomic mass is 35.5. The largest absolute Gasteiger partial charge is 0.458 e. The first kappa shape index (κ1) is 14.4. The molecule has 0 bridgehead atoms. The van der Waals surface area contributed by atoms with Crippen molar-refractivity contribution in [2.75, 3.05) is 0 Å². The van der Waals surface area contributed by atoms with Crippen LogP contribution >= 0.6 is 23.2 Å². The third-order valence-corrected chi connectivity index (χ3v) is 4.02. The number of benzene rings is 2. The number of fused-ring (bicyclic) bond motifs is 1. The van der Waals surface area contributed by atoms with Crippen molar-refractivity contribution in [3.05, 3.63) is 69.7 Å². The van der Waals surface area contributed by atoms with E-state index in [9.17, 15) is 4.39 Å². The first-order chi connectivity index (χ1) is 10.1. The first-order valence-corrected chi connectivity index (χ1v) is 7.18. The van der Waals surface area contributed by atoms with Gasteiger partial charge in [-0.05, 0) is 30.7 Å². The molecule has 0 fully saturated rings. The van der Waals surface area contributed by atoms with Gasteiger partial charge in [0.15, 0.2) is 5.58 Å². The Morgan fingerprint density at radius 3 is 2.52 bits per heavy atom. The lowest BCUT2D eigenvalue weighted by molar-refractivity contribution is 0.487. The molecule has 1 aromatic heterocycles.